The molecule has 1 aromatic heterocycles. The van der Waals surface area contributed by atoms with Crippen molar-refractivity contribution in [2.75, 3.05) is 25.1 Å². The van der Waals surface area contributed by atoms with Crippen molar-refractivity contribution in [3.8, 4) is 16.9 Å². The molecule has 8 heteroatoms. The molecule has 2 fully saturated rings. The number of nitrogens with zero attached hydrogens (tertiary/aromatic N) is 3. The van der Waals surface area contributed by atoms with Gasteiger partial charge in [0.1, 0.15) is 17.7 Å². The van der Waals surface area contributed by atoms with Gasteiger partial charge in [-0.05, 0) is 62.6 Å². The molecule has 5 rings (SSSR count). The summed E-state index contributed by atoms with van der Waals surface area (Å²) >= 11 is 0. The van der Waals surface area contributed by atoms with Crippen molar-refractivity contribution >= 4 is 17.9 Å². The van der Waals surface area contributed by atoms with Crippen LogP contribution in [0.3, 0.4) is 0 Å². The Labute approximate surface area is 241 Å². The highest BCUT2D eigenvalue weighted by atomic mass is 16.6. The number of methoxy groups -OCH3 is 1. The molecule has 2 atom stereocenters. The number of aliphatic carboxylic acids is 1. The summed E-state index contributed by atoms with van der Waals surface area (Å²) in [5.74, 6) is 0.681. The zero-order chi connectivity index (χ0) is 29.5. The van der Waals surface area contributed by atoms with Crippen molar-refractivity contribution in [2.45, 2.75) is 71.6 Å². The molecule has 2 aliphatic heterocycles. The van der Waals surface area contributed by atoms with Gasteiger partial charge in [0, 0.05) is 29.6 Å². The third-order valence-electron chi connectivity index (χ3n) is 8.29. The zero-order valence-electron chi connectivity index (χ0n) is 24.7. The number of benzene rings is 2. The Bertz CT molecular complexity index is 1460. The summed E-state index contributed by atoms with van der Waals surface area (Å²) in [5, 5.41) is 9.51. The summed E-state index contributed by atoms with van der Waals surface area (Å²) in [6.07, 6.45) is 0.375. The Balaban J connectivity index is 1.55. The quantitative estimate of drug-likeness (QED) is 0.325. The molecule has 8 nitrogen and oxygen atoms in total. The molecule has 0 unspecified atom stereocenters. The smallest absolute Gasteiger partial charge is 0.411 e. The fourth-order valence-electron chi connectivity index (χ4n) is 5.89. The Hall–Kier alpha value is -4.07. The highest BCUT2D eigenvalue weighted by Crippen LogP contribution is 2.40. The number of aryl methyl sites for hydroxylation is 2. The molecule has 216 valence electrons. The van der Waals surface area contributed by atoms with Crippen LogP contribution in [0.1, 0.15) is 67.7 Å². The van der Waals surface area contributed by atoms with Gasteiger partial charge in [0.25, 0.3) is 0 Å². The number of cyclic esters (lactones) is 1. The number of carbonyl (C=O) groups is 2. The minimum Gasteiger partial charge on any atom is -0.496 e. The van der Waals surface area contributed by atoms with Crippen LogP contribution >= 0.6 is 0 Å². The van der Waals surface area contributed by atoms with Crippen LogP contribution in [0, 0.1) is 13.8 Å². The number of carbonyl (C=O) groups excluding carboxylic acids is 1. The lowest BCUT2D eigenvalue weighted by molar-refractivity contribution is -0.138. The van der Waals surface area contributed by atoms with Gasteiger partial charge in [-0.2, -0.15) is 0 Å². The number of pyridine rings is 1. The third-order valence-corrected chi connectivity index (χ3v) is 8.29. The molecular formula is C33H39N3O5. The topological polar surface area (TPSA) is 92.2 Å². The SMILES string of the molecule is COc1ccc(C(C)(C)CC(=O)O)cc1-c1ccc(N2CCC2)nc1CN1C(=O)O[C@H](c2cc(C)cc(C)c2)[C@@H]1C. The molecule has 41 heavy (non-hydrogen) atoms. The Morgan fingerprint density at radius 3 is 2.39 bits per heavy atom. The van der Waals surface area contributed by atoms with E-state index in [1.807, 2.05) is 65.0 Å². The molecule has 2 aliphatic rings. The molecule has 0 aliphatic carbocycles. The van der Waals surface area contributed by atoms with Crippen LogP contribution in [0.2, 0.25) is 0 Å². The molecule has 2 saturated heterocycles. The number of rotatable bonds is 9. The first kappa shape index (κ1) is 28.5. The van der Waals surface area contributed by atoms with Crippen molar-refractivity contribution < 1.29 is 24.2 Å². The zero-order valence-corrected chi connectivity index (χ0v) is 24.7. The van der Waals surface area contributed by atoms with E-state index in [-0.39, 0.29) is 31.2 Å². The van der Waals surface area contributed by atoms with Gasteiger partial charge in [-0.15, -0.1) is 0 Å². The summed E-state index contributed by atoms with van der Waals surface area (Å²) in [6.45, 7) is 12.1. The number of carboxylic acid groups (broad SMARTS) is 1. The highest BCUT2D eigenvalue weighted by molar-refractivity contribution is 5.77. The average Bonchev–Trinajstić information content (AvgIpc) is 3.14. The molecule has 3 heterocycles. The monoisotopic (exact) mass is 557 g/mol. The van der Waals surface area contributed by atoms with E-state index in [2.05, 4.69) is 23.1 Å². The van der Waals surface area contributed by atoms with E-state index in [1.54, 1.807) is 12.0 Å². The molecule has 3 aromatic rings. The standard InChI is InChI=1S/C33H39N3O5/c1-20-14-21(2)16-23(15-20)31-22(3)36(32(39)41-31)19-27-25(9-11-29(34-27)35-12-7-13-35)26-17-24(8-10-28(26)40-6)33(4,5)18-30(37)38/h8-11,14-17,22,31H,7,12-13,18-19H2,1-6H3,(H,37,38)/t22-,31-/m0/s1. The number of amides is 1. The Morgan fingerprint density at radius 1 is 1.07 bits per heavy atom. The van der Waals surface area contributed by atoms with Gasteiger partial charge in [0.2, 0.25) is 0 Å². The van der Waals surface area contributed by atoms with E-state index < -0.39 is 11.4 Å². The van der Waals surface area contributed by atoms with Gasteiger partial charge in [0.05, 0.1) is 31.8 Å². The minimum atomic E-state index is -0.853. The van der Waals surface area contributed by atoms with Crippen LogP contribution in [-0.2, 0) is 21.5 Å². The fourth-order valence-corrected chi connectivity index (χ4v) is 5.89. The van der Waals surface area contributed by atoms with Gasteiger partial charge in [-0.25, -0.2) is 9.78 Å². The maximum absolute atomic E-state index is 13.3. The van der Waals surface area contributed by atoms with Crippen molar-refractivity contribution in [2.24, 2.45) is 0 Å². The predicted molar refractivity (Wildman–Crippen MR) is 158 cm³/mol. The number of aromatic nitrogens is 1. The number of anilines is 1. The van der Waals surface area contributed by atoms with Gasteiger partial charge in [-0.3, -0.25) is 9.69 Å². The number of ether oxygens (including phenoxy) is 2. The summed E-state index contributed by atoms with van der Waals surface area (Å²) in [4.78, 5) is 33.9. The van der Waals surface area contributed by atoms with E-state index in [1.165, 1.54) is 0 Å². The predicted octanol–water partition coefficient (Wildman–Crippen LogP) is 6.42. The van der Waals surface area contributed by atoms with Crippen LogP contribution in [0.4, 0.5) is 10.6 Å². The van der Waals surface area contributed by atoms with Crippen molar-refractivity contribution in [1.82, 2.24) is 9.88 Å². The third kappa shape index (κ3) is 5.73. The highest BCUT2D eigenvalue weighted by Gasteiger charge is 2.40. The number of hydrogen-bond acceptors (Lipinski definition) is 6. The van der Waals surface area contributed by atoms with Crippen LogP contribution in [0.5, 0.6) is 5.75 Å². The van der Waals surface area contributed by atoms with E-state index in [0.29, 0.717) is 5.75 Å². The molecule has 1 amide bonds. The first-order chi connectivity index (χ1) is 19.5. The van der Waals surface area contributed by atoms with Crippen LogP contribution in [-0.4, -0.2) is 53.3 Å². The molecule has 2 aromatic carbocycles. The lowest BCUT2D eigenvalue weighted by Gasteiger charge is -2.33. The summed E-state index contributed by atoms with van der Waals surface area (Å²) < 4.78 is 11.7. The van der Waals surface area contributed by atoms with E-state index in [0.717, 1.165) is 64.4 Å². The van der Waals surface area contributed by atoms with Crippen LogP contribution in [0.25, 0.3) is 11.1 Å². The van der Waals surface area contributed by atoms with Gasteiger partial charge in [-0.1, -0.05) is 49.2 Å². The van der Waals surface area contributed by atoms with Gasteiger partial charge >= 0.3 is 12.1 Å². The average molecular weight is 558 g/mol. The normalized spacial score (nSPS) is 18.7. The van der Waals surface area contributed by atoms with E-state index in [4.69, 9.17) is 14.5 Å². The van der Waals surface area contributed by atoms with E-state index in [9.17, 15) is 14.7 Å². The second kappa shape index (κ2) is 11.1. The van der Waals surface area contributed by atoms with Gasteiger partial charge in [0.15, 0.2) is 0 Å². The van der Waals surface area contributed by atoms with Gasteiger partial charge < -0.3 is 19.5 Å². The van der Waals surface area contributed by atoms with E-state index >= 15 is 0 Å². The minimum absolute atomic E-state index is 0.00523. The fraction of sp³-hybridized carbons (Fsp3) is 0.424. The molecule has 0 radical (unpaired) electrons. The Kier molecular flexibility index (Phi) is 7.68. The largest absolute Gasteiger partial charge is 0.496 e. The first-order valence-electron chi connectivity index (χ1n) is 14.2. The maximum atomic E-state index is 13.3. The molecule has 0 saturated carbocycles. The van der Waals surface area contributed by atoms with Crippen LogP contribution < -0.4 is 9.64 Å². The van der Waals surface area contributed by atoms with Crippen molar-refractivity contribution in [3.05, 3.63) is 76.5 Å². The number of hydrogen-bond donors (Lipinski definition) is 1. The summed E-state index contributed by atoms with van der Waals surface area (Å²) in [7, 11) is 1.62. The second-order valence-electron chi connectivity index (χ2n) is 12.0. The van der Waals surface area contributed by atoms with Crippen LogP contribution in [0.15, 0.2) is 48.5 Å². The lowest BCUT2D eigenvalue weighted by Crippen LogP contribution is -2.38. The first-order valence-corrected chi connectivity index (χ1v) is 14.2. The summed E-state index contributed by atoms with van der Waals surface area (Å²) in [5.41, 5.74) is 5.94. The molecule has 0 spiro atoms. The van der Waals surface area contributed by atoms with Crippen molar-refractivity contribution in [1.29, 1.82) is 0 Å². The van der Waals surface area contributed by atoms with Crippen molar-refractivity contribution in [3.63, 3.8) is 0 Å². The Morgan fingerprint density at radius 2 is 1.78 bits per heavy atom. The second-order valence-corrected chi connectivity index (χ2v) is 12.0. The number of carboxylic acids is 1. The maximum Gasteiger partial charge on any atom is 0.411 e. The molecular weight excluding hydrogens is 518 g/mol. The molecule has 1 N–H and O–H groups in total. The molecule has 0 bridgehead atoms. The summed E-state index contributed by atoms with van der Waals surface area (Å²) in [6, 6.07) is 15.9. The lowest BCUT2D eigenvalue weighted by atomic mass is 9.80.